The zero-order valence-electron chi connectivity index (χ0n) is 14.7. The highest BCUT2D eigenvalue weighted by Crippen LogP contribution is 2.30. The van der Waals surface area contributed by atoms with Crippen molar-refractivity contribution in [2.75, 3.05) is 24.7 Å². The van der Waals surface area contributed by atoms with Gasteiger partial charge in [0.05, 0.1) is 12.2 Å². The number of aromatic nitrogens is 1. The predicted molar refractivity (Wildman–Crippen MR) is 105 cm³/mol. The first-order chi connectivity index (χ1) is 12.9. The monoisotopic (exact) mass is 405 g/mol. The van der Waals surface area contributed by atoms with Crippen molar-refractivity contribution < 1.29 is 17.6 Å². The number of anilines is 1. The summed E-state index contributed by atoms with van der Waals surface area (Å²) in [6, 6.07) is 9.63. The van der Waals surface area contributed by atoms with E-state index in [9.17, 15) is 13.2 Å². The molecule has 1 N–H and O–H groups in total. The van der Waals surface area contributed by atoms with Crippen LogP contribution in [0.25, 0.3) is 22.4 Å². The van der Waals surface area contributed by atoms with E-state index in [4.69, 9.17) is 4.42 Å². The fourth-order valence-electron chi connectivity index (χ4n) is 3.22. The van der Waals surface area contributed by atoms with Crippen molar-refractivity contribution in [3.8, 4) is 11.5 Å². The van der Waals surface area contributed by atoms with E-state index in [1.807, 2.05) is 35.7 Å². The van der Waals surface area contributed by atoms with E-state index >= 15 is 0 Å². The molecule has 1 aliphatic heterocycles. The molecule has 142 valence electrons. The lowest BCUT2D eigenvalue weighted by Gasteiger charge is -2.29. The number of sulfonamides is 1. The molecule has 7 nitrogen and oxygen atoms in total. The third kappa shape index (κ3) is 3.90. The van der Waals surface area contributed by atoms with Crippen molar-refractivity contribution in [2.45, 2.75) is 12.8 Å². The molecule has 1 fully saturated rings. The third-order valence-corrected chi connectivity index (χ3v) is 6.66. The van der Waals surface area contributed by atoms with Gasteiger partial charge in [0.2, 0.25) is 15.9 Å². The highest BCUT2D eigenvalue weighted by Gasteiger charge is 2.30. The van der Waals surface area contributed by atoms with Gasteiger partial charge >= 0.3 is 0 Å². The standard InChI is InChI=1S/C18H19N3O4S2/c1-27(23,24)21-8-4-6-13(10-21)17(22)20-18-19-14(11-26-18)16-9-12-5-2-3-7-15(12)25-16/h2-3,5,7,9,11,13H,4,6,8,10H2,1H3,(H,19,20,22)/t13-/m0/s1. The van der Waals surface area contributed by atoms with Crippen LogP contribution in [-0.4, -0.2) is 43.0 Å². The van der Waals surface area contributed by atoms with Crippen LogP contribution >= 0.6 is 11.3 Å². The zero-order chi connectivity index (χ0) is 19.0. The Balaban J connectivity index is 1.46. The first kappa shape index (κ1) is 18.1. The zero-order valence-corrected chi connectivity index (χ0v) is 16.3. The number of amides is 1. The summed E-state index contributed by atoms with van der Waals surface area (Å²) in [7, 11) is -3.28. The lowest BCUT2D eigenvalue weighted by Crippen LogP contribution is -2.43. The molecule has 0 aliphatic carbocycles. The summed E-state index contributed by atoms with van der Waals surface area (Å²) in [5.74, 6) is 0.0785. The summed E-state index contributed by atoms with van der Waals surface area (Å²) in [4.78, 5) is 17.0. The van der Waals surface area contributed by atoms with E-state index in [0.717, 1.165) is 11.0 Å². The van der Waals surface area contributed by atoms with Crippen LogP contribution in [0.5, 0.6) is 0 Å². The van der Waals surface area contributed by atoms with E-state index in [1.165, 1.54) is 21.9 Å². The van der Waals surface area contributed by atoms with Gasteiger partial charge in [-0.05, 0) is 25.0 Å². The summed E-state index contributed by atoms with van der Waals surface area (Å²) < 4.78 is 30.6. The topological polar surface area (TPSA) is 92.5 Å². The van der Waals surface area contributed by atoms with Gasteiger partial charge in [-0.2, -0.15) is 0 Å². The Kier molecular flexibility index (Phi) is 4.75. The summed E-state index contributed by atoms with van der Waals surface area (Å²) in [5, 5.41) is 6.12. The smallest absolute Gasteiger partial charge is 0.230 e. The number of piperidine rings is 1. The number of nitrogens with zero attached hydrogens (tertiary/aromatic N) is 2. The van der Waals surface area contributed by atoms with Gasteiger partial charge in [-0.3, -0.25) is 4.79 Å². The molecule has 2 aromatic heterocycles. The van der Waals surface area contributed by atoms with Gasteiger partial charge in [-0.15, -0.1) is 11.3 Å². The maximum atomic E-state index is 12.5. The second-order valence-electron chi connectivity index (χ2n) is 6.64. The predicted octanol–water partition coefficient (Wildman–Crippen LogP) is 3.17. The molecule has 27 heavy (non-hydrogen) atoms. The number of thiazole rings is 1. The number of carbonyl (C=O) groups excluding carboxylic acids is 1. The number of carbonyl (C=O) groups is 1. The second-order valence-corrected chi connectivity index (χ2v) is 9.48. The SMILES string of the molecule is CS(=O)(=O)N1CCC[C@H](C(=O)Nc2nc(-c3cc4ccccc4o3)cs2)C1. The first-order valence-electron chi connectivity index (χ1n) is 8.60. The van der Waals surface area contributed by atoms with Gasteiger partial charge in [0.1, 0.15) is 11.3 Å². The van der Waals surface area contributed by atoms with E-state index in [-0.39, 0.29) is 18.4 Å². The fraction of sp³-hybridized carbons (Fsp3) is 0.333. The molecule has 1 atom stereocenters. The molecule has 3 heterocycles. The molecule has 0 saturated carbocycles. The Morgan fingerprint density at radius 1 is 1.37 bits per heavy atom. The number of hydrogen-bond donors (Lipinski definition) is 1. The molecule has 0 bridgehead atoms. The van der Waals surface area contributed by atoms with Gasteiger partial charge in [-0.1, -0.05) is 18.2 Å². The molecule has 0 unspecified atom stereocenters. The Morgan fingerprint density at radius 3 is 2.96 bits per heavy atom. The molecule has 0 spiro atoms. The van der Waals surface area contributed by atoms with E-state index in [0.29, 0.717) is 36.0 Å². The van der Waals surface area contributed by atoms with Crippen molar-refractivity contribution in [3.63, 3.8) is 0 Å². The molecule has 1 aromatic carbocycles. The van der Waals surface area contributed by atoms with Gasteiger partial charge in [-0.25, -0.2) is 17.7 Å². The van der Waals surface area contributed by atoms with E-state index in [2.05, 4.69) is 10.3 Å². The van der Waals surface area contributed by atoms with Gasteiger partial charge in [0, 0.05) is 23.9 Å². The number of nitrogens with one attached hydrogen (secondary N) is 1. The van der Waals surface area contributed by atoms with Crippen LogP contribution in [0.15, 0.2) is 40.1 Å². The molecule has 9 heteroatoms. The van der Waals surface area contributed by atoms with E-state index in [1.54, 1.807) is 0 Å². The number of rotatable bonds is 4. The van der Waals surface area contributed by atoms with Crippen LogP contribution < -0.4 is 5.32 Å². The molecular formula is C18H19N3O4S2. The maximum absolute atomic E-state index is 12.5. The average Bonchev–Trinajstić information content (AvgIpc) is 3.27. The Bertz CT molecular complexity index is 1050. The van der Waals surface area contributed by atoms with Gasteiger partial charge in [0.15, 0.2) is 10.9 Å². The summed E-state index contributed by atoms with van der Waals surface area (Å²) in [5.41, 5.74) is 1.45. The van der Waals surface area contributed by atoms with Crippen molar-refractivity contribution in [3.05, 3.63) is 35.7 Å². The molecule has 1 amide bonds. The van der Waals surface area contributed by atoms with Crippen LogP contribution in [0, 0.1) is 5.92 Å². The summed E-state index contributed by atoms with van der Waals surface area (Å²) in [6.07, 6.45) is 2.51. The minimum absolute atomic E-state index is 0.200. The molecule has 4 rings (SSSR count). The third-order valence-electron chi connectivity index (χ3n) is 4.64. The lowest BCUT2D eigenvalue weighted by molar-refractivity contribution is -0.120. The molecular weight excluding hydrogens is 386 g/mol. The fourth-order valence-corrected chi connectivity index (χ4v) is 4.83. The van der Waals surface area contributed by atoms with Crippen molar-refractivity contribution in [2.24, 2.45) is 5.92 Å². The highest BCUT2D eigenvalue weighted by molar-refractivity contribution is 7.88. The van der Waals surface area contributed by atoms with Crippen molar-refractivity contribution in [1.82, 2.24) is 9.29 Å². The molecule has 1 saturated heterocycles. The van der Waals surface area contributed by atoms with Crippen LogP contribution in [0.1, 0.15) is 12.8 Å². The first-order valence-corrected chi connectivity index (χ1v) is 11.3. The minimum Gasteiger partial charge on any atom is -0.454 e. The lowest BCUT2D eigenvalue weighted by atomic mass is 9.99. The van der Waals surface area contributed by atoms with E-state index < -0.39 is 10.0 Å². The summed E-state index contributed by atoms with van der Waals surface area (Å²) in [6.45, 7) is 0.683. The number of hydrogen-bond acceptors (Lipinski definition) is 6. The number of para-hydroxylation sites is 1. The van der Waals surface area contributed by atoms with Crippen LogP contribution in [0.3, 0.4) is 0 Å². The molecule has 0 radical (unpaired) electrons. The summed E-state index contributed by atoms with van der Waals surface area (Å²) >= 11 is 1.32. The van der Waals surface area contributed by atoms with Crippen LogP contribution in [-0.2, 0) is 14.8 Å². The second kappa shape index (κ2) is 7.06. The Labute approximate surface area is 161 Å². The molecule has 3 aromatic rings. The Hall–Kier alpha value is -2.23. The van der Waals surface area contributed by atoms with Gasteiger partial charge in [0.25, 0.3) is 0 Å². The normalized spacial score (nSPS) is 18.6. The number of furan rings is 1. The quantitative estimate of drug-likeness (QED) is 0.720. The molecule has 1 aliphatic rings. The van der Waals surface area contributed by atoms with Crippen LogP contribution in [0.2, 0.25) is 0 Å². The number of fused-ring (bicyclic) bond motifs is 1. The van der Waals surface area contributed by atoms with Crippen LogP contribution in [0.4, 0.5) is 5.13 Å². The van der Waals surface area contributed by atoms with Crippen molar-refractivity contribution >= 4 is 43.4 Å². The maximum Gasteiger partial charge on any atom is 0.230 e. The van der Waals surface area contributed by atoms with Gasteiger partial charge < -0.3 is 9.73 Å². The minimum atomic E-state index is -3.28. The average molecular weight is 406 g/mol. The highest BCUT2D eigenvalue weighted by atomic mass is 32.2. The Morgan fingerprint density at radius 2 is 2.19 bits per heavy atom. The van der Waals surface area contributed by atoms with Crippen molar-refractivity contribution in [1.29, 1.82) is 0 Å². The number of benzene rings is 1. The largest absolute Gasteiger partial charge is 0.454 e.